The molecule has 6 bridgehead atoms. The molecule has 0 spiro atoms. The number of ketones is 1. The number of carbonyl (C=O) groups is 1. The number of halogens is 2. The quantitative estimate of drug-likeness (QED) is 0.176. The Balaban J connectivity index is 1.21. The molecular weight excluding hydrogens is 725 g/mol. The van der Waals surface area contributed by atoms with Crippen LogP contribution in [0.4, 0.5) is 8.78 Å². The molecule has 10 heteroatoms. The number of thiophene rings is 1. The Bertz CT molecular complexity index is 2010. The summed E-state index contributed by atoms with van der Waals surface area (Å²) in [4.78, 5) is 14.3. The number of allylic oxidation sites excluding steroid dienone is 2. The molecule has 6 nitrogen and oxygen atoms in total. The molecule has 7 aliphatic carbocycles. The predicted octanol–water partition coefficient (Wildman–Crippen LogP) is 9.20. The minimum atomic E-state index is -3.93. The van der Waals surface area contributed by atoms with E-state index in [9.17, 15) is 32.2 Å². The van der Waals surface area contributed by atoms with Crippen LogP contribution in [0.25, 0.3) is 0 Å². The zero-order valence-electron chi connectivity index (χ0n) is 31.4. The first-order chi connectivity index (χ1) is 25.7. The van der Waals surface area contributed by atoms with Gasteiger partial charge in [0, 0.05) is 29.6 Å². The van der Waals surface area contributed by atoms with Crippen LogP contribution in [-0.4, -0.2) is 53.5 Å². The summed E-state index contributed by atoms with van der Waals surface area (Å²) in [5, 5.41) is 26.0. The normalized spacial score (nSPS) is 33.8. The summed E-state index contributed by atoms with van der Waals surface area (Å²) in [6.07, 6.45) is 12.0. The van der Waals surface area contributed by atoms with Crippen molar-refractivity contribution < 1.29 is 32.2 Å². The average molecular weight is 778 g/mol. The molecule has 0 aliphatic heterocycles. The monoisotopic (exact) mass is 777 g/mol. The average Bonchev–Trinajstić information content (AvgIpc) is 3.75. The molecular formula is C44H53F2NO5S2. The number of benzene rings is 2. The van der Waals surface area contributed by atoms with Crippen molar-refractivity contribution in [2.24, 2.45) is 28.6 Å². The van der Waals surface area contributed by atoms with Crippen molar-refractivity contribution in [3.05, 3.63) is 99.4 Å². The van der Waals surface area contributed by atoms with E-state index in [1.807, 2.05) is 12.1 Å². The Morgan fingerprint density at radius 3 is 2.33 bits per heavy atom. The second kappa shape index (κ2) is 14.3. The smallest absolute Gasteiger partial charge is 0.252 e. The van der Waals surface area contributed by atoms with Crippen LogP contribution in [0.1, 0.15) is 124 Å². The fraction of sp³-hybridized carbons (Fsp3) is 0.568. The SMILES string of the molecule is CC1=CCC[C@@]2(C)[C@@H](CC[C@@]2(O)CN(CC23CC4CC(CC(C4)C2)C3)S(=O)(=O)c2cccs2)c2ccc(cc2C(=O)c2ccc(F)c(F)c2)C[C@@H](O)CC1. The number of aliphatic hydroxyl groups is 2. The number of fused-ring (bicyclic) bond motifs is 8. The Morgan fingerprint density at radius 2 is 1.67 bits per heavy atom. The number of nitrogens with zero attached hydrogens (tertiary/aromatic N) is 1. The second-order valence-electron chi connectivity index (χ2n) is 18.0. The van der Waals surface area contributed by atoms with Crippen LogP contribution in [-0.2, 0) is 16.4 Å². The minimum absolute atomic E-state index is 0.0197. The molecule has 3 aromatic rings. The molecule has 7 aliphatic rings. The van der Waals surface area contributed by atoms with Crippen molar-refractivity contribution in [2.45, 2.75) is 119 Å². The van der Waals surface area contributed by atoms with Gasteiger partial charge in [-0.1, -0.05) is 36.8 Å². The molecule has 0 radical (unpaired) electrons. The van der Waals surface area contributed by atoms with E-state index in [0.717, 1.165) is 42.5 Å². The number of rotatable bonds is 8. The fourth-order valence-electron chi connectivity index (χ4n) is 11.9. The van der Waals surface area contributed by atoms with Gasteiger partial charge in [-0.3, -0.25) is 4.79 Å². The highest BCUT2D eigenvalue weighted by molar-refractivity contribution is 7.91. The van der Waals surface area contributed by atoms with Crippen LogP contribution in [0, 0.1) is 40.2 Å². The summed E-state index contributed by atoms with van der Waals surface area (Å²) in [7, 11) is -3.93. The number of sulfonamides is 1. The molecule has 4 atom stereocenters. The van der Waals surface area contributed by atoms with Crippen molar-refractivity contribution >= 4 is 27.1 Å². The van der Waals surface area contributed by atoms with E-state index >= 15 is 0 Å². The van der Waals surface area contributed by atoms with Crippen LogP contribution >= 0.6 is 11.3 Å². The largest absolute Gasteiger partial charge is 0.393 e. The van der Waals surface area contributed by atoms with Gasteiger partial charge >= 0.3 is 0 Å². The summed E-state index contributed by atoms with van der Waals surface area (Å²) in [6, 6.07) is 12.2. The van der Waals surface area contributed by atoms with Gasteiger partial charge in [-0.25, -0.2) is 17.2 Å². The van der Waals surface area contributed by atoms with E-state index in [2.05, 4.69) is 19.9 Å². The Hall–Kier alpha value is -2.76. The maximum atomic E-state index is 14.7. The lowest BCUT2D eigenvalue weighted by molar-refractivity contribution is -0.0920. The van der Waals surface area contributed by atoms with Crippen molar-refractivity contribution in [1.29, 1.82) is 0 Å². The van der Waals surface area contributed by atoms with Gasteiger partial charge in [-0.05, 0) is 166 Å². The maximum Gasteiger partial charge on any atom is 0.252 e. The van der Waals surface area contributed by atoms with Gasteiger partial charge in [-0.15, -0.1) is 11.3 Å². The highest BCUT2D eigenvalue weighted by Crippen LogP contribution is 2.62. The van der Waals surface area contributed by atoms with Crippen molar-refractivity contribution in [2.75, 3.05) is 13.1 Å². The summed E-state index contributed by atoms with van der Waals surface area (Å²) >= 11 is 1.21. The lowest BCUT2D eigenvalue weighted by Crippen LogP contribution is -2.57. The lowest BCUT2D eigenvalue weighted by Gasteiger charge is -2.58. The third kappa shape index (κ3) is 6.97. The molecule has 0 amide bonds. The first kappa shape index (κ1) is 38.1. The maximum absolute atomic E-state index is 14.7. The van der Waals surface area contributed by atoms with Crippen LogP contribution in [0.15, 0.2) is 69.8 Å². The van der Waals surface area contributed by atoms with Crippen molar-refractivity contribution in [3.8, 4) is 0 Å². The summed E-state index contributed by atoms with van der Waals surface area (Å²) in [6.45, 7) is 4.48. The van der Waals surface area contributed by atoms with E-state index in [0.29, 0.717) is 80.4 Å². The lowest BCUT2D eigenvalue weighted by atomic mass is 9.49. The minimum Gasteiger partial charge on any atom is -0.393 e. The van der Waals surface area contributed by atoms with E-state index in [1.165, 1.54) is 36.7 Å². The highest BCUT2D eigenvalue weighted by Gasteiger charge is 2.59. The highest BCUT2D eigenvalue weighted by atomic mass is 32.2. The molecule has 290 valence electrons. The van der Waals surface area contributed by atoms with E-state index in [-0.39, 0.29) is 27.7 Å². The Morgan fingerprint density at radius 1 is 0.944 bits per heavy atom. The molecule has 5 saturated carbocycles. The first-order valence-electron chi connectivity index (χ1n) is 19.9. The molecule has 2 N–H and O–H groups in total. The first-order valence-corrected chi connectivity index (χ1v) is 22.2. The molecule has 5 fully saturated rings. The number of carbonyl (C=O) groups excluding carboxylic acids is 1. The summed E-state index contributed by atoms with van der Waals surface area (Å²) in [5.74, 6) is -1.01. The summed E-state index contributed by atoms with van der Waals surface area (Å²) in [5.41, 5.74) is 0.588. The van der Waals surface area contributed by atoms with E-state index in [4.69, 9.17) is 0 Å². The van der Waals surface area contributed by atoms with Gasteiger partial charge in [0.2, 0.25) is 0 Å². The van der Waals surface area contributed by atoms with Crippen LogP contribution in [0.2, 0.25) is 0 Å². The predicted molar refractivity (Wildman–Crippen MR) is 207 cm³/mol. The number of aliphatic hydroxyl groups excluding tert-OH is 1. The molecule has 0 unspecified atom stereocenters. The standard InChI is InChI=1S/C44H53F2NO5S2/c1-28-5-3-14-42(2)37(35-11-8-29(20-34(48)10-7-28)21-36(35)41(49)33-9-12-38(45)39(46)22-33)13-15-44(42,50)27-47(54(51,52)40-6-4-16-53-40)26-43-23-30-17-31(24-43)19-32(18-30)25-43/h4-6,8-9,11-12,16,21-22,30-32,34,37,48,50H,3,7,10,13-15,17-20,23-27H2,1-2H3/t30?,31?,32?,34-,37-,42-,43?,44+/m0/s1. The van der Waals surface area contributed by atoms with E-state index < -0.39 is 44.6 Å². The molecule has 2 aromatic carbocycles. The third-order valence-corrected chi connectivity index (χ3v) is 17.5. The zero-order chi connectivity index (χ0) is 38.0. The Labute approximate surface area is 322 Å². The Kier molecular flexibility index (Phi) is 10.1. The van der Waals surface area contributed by atoms with Crippen LogP contribution in [0.3, 0.4) is 0 Å². The van der Waals surface area contributed by atoms with Crippen molar-refractivity contribution in [3.63, 3.8) is 0 Å². The zero-order valence-corrected chi connectivity index (χ0v) is 33.0. The van der Waals surface area contributed by atoms with Gasteiger partial charge in [0.05, 0.1) is 11.7 Å². The van der Waals surface area contributed by atoms with Crippen molar-refractivity contribution in [1.82, 2.24) is 4.31 Å². The number of hydrogen-bond donors (Lipinski definition) is 2. The molecule has 54 heavy (non-hydrogen) atoms. The third-order valence-electron chi connectivity index (χ3n) is 14.3. The van der Waals surface area contributed by atoms with E-state index in [1.54, 1.807) is 27.9 Å². The van der Waals surface area contributed by atoms with Crippen LogP contribution < -0.4 is 0 Å². The topological polar surface area (TPSA) is 94.9 Å². The van der Waals surface area contributed by atoms with Gasteiger partial charge < -0.3 is 10.2 Å². The molecule has 1 aromatic heterocycles. The van der Waals surface area contributed by atoms with Gasteiger partial charge in [-0.2, -0.15) is 4.31 Å². The van der Waals surface area contributed by atoms with Crippen LogP contribution in [0.5, 0.6) is 0 Å². The fourth-order valence-corrected chi connectivity index (χ4v) is 14.7. The van der Waals surface area contributed by atoms with Gasteiger partial charge in [0.25, 0.3) is 10.0 Å². The molecule has 0 saturated heterocycles. The van der Waals surface area contributed by atoms with Gasteiger partial charge in [0.1, 0.15) is 4.21 Å². The molecule has 10 rings (SSSR count). The summed E-state index contributed by atoms with van der Waals surface area (Å²) < 4.78 is 59.8. The second-order valence-corrected chi connectivity index (χ2v) is 21.1. The number of hydrogen-bond acceptors (Lipinski definition) is 6. The van der Waals surface area contributed by atoms with Gasteiger partial charge in [0.15, 0.2) is 17.4 Å². The molecule has 1 heterocycles.